The Bertz CT molecular complexity index is 462. The Morgan fingerprint density at radius 3 is 2.33 bits per heavy atom. The van der Waals surface area contributed by atoms with Gasteiger partial charge in [-0.15, -0.1) is 0 Å². The molecule has 1 atom stereocenters. The van der Waals surface area contributed by atoms with Gasteiger partial charge in [-0.3, -0.25) is 0 Å². The normalized spacial score (nSPS) is 13.5. The summed E-state index contributed by atoms with van der Waals surface area (Å²) in [5, 5.41) is 10.4. The fourth-order valence-electron chi connectivity index (χ4n) is 1.21. The van der Waals surface area contributed by atoms with Crippen molar-refractivity contribution in [1.29, 1.82) is 0 Å². The molecule has 0 unspecified atom stereocenters. The Kier molecular flexibility index (Phi) is 7.47. The highest BCUT2D eigenvalue weighted by atomic mass is 32.2. The van der Waals surface area contributed by atoms with Crippen molar-refractivity contribution < 1.29 is 41.0 Å². The van der Waals surface area contributed by atoms with Gasteiger partial charge in [-0.05, 0) is 6.42 Å². The van der Waals surface area contributed by atoms with Crippen LogP contribution in [0.2, 0.25) is 0 Å². The fraction of sp³-hybridized carbons (Fsp3) is 0.800. The van der Waals surface area contributed by atoms with Crippen LogP contribution in [0.3, 0.4) is 0 Å². The molecule has 11 heteroatoms. The lowest BCUT2D eigenvalue weighted by Gasteiger charge is -2.15. The lowest BCUT2D eigenvalue weighted by molar-refractivity contribution is -0.160. The van der Waals surface area contributed by atoms with E-state index in [1.54, 1.807) is 12.2 Å². The molecule has 0 heterocycles. The maximum Gasteiger partial charge on any atom is 0.422 e. The van der Waals surface area contributed by atoms with Gasteiger partial charge in [0.1, 0.15) is 6.04 Å². The molecule has 0 aliphatic rings. The number of carboxylic acids is 1. The van der Waals surface area contributed by atoms with Crippen LogP contribution in [0.15, 0.2) is 0 Å². The van der Waals surface area contributed by atoms with E-state index in [2.05, 4.69) is 4.74 Å². The molecule has 0 aromatic rings. The van der Waals surface area contributed by atoms with Crippen molar-refractivity contribution in [2.45, 2.75) is 32.0 Å². The van der Waals surface area contributed by atoms with Gasteiger partial charge >= 0.3 is 18.2 Å². The second-order valence-electron chi connectivity index (χ2n) is 4.19. The summed E-state index contributed by atoms with van der Waals surface area (Å²) in [6.07, 6.45) is -5.53. The second kappa shape index (κ2) is 8.05. The van der Waals surface area contributed by atoms with Crippen LogP contribution in [0.5, 0.6) is 0 Å². The van der Waals surface area contributed by atoms with E-state index >= 15 is 0 Å². The summed E-state index contributed by atoms with van der Waals surface area (Å²) in [7, 11) is -3.75. The molecule has 0 spiro atoms. The molecule has 2 N–H and O–H groups in total. The maximum absolute atomic E-state index is 11.8. The number of sulfone groups is 1. The number of carbonyl (C=O) groups is 2. The van der Waals surface area contributed by atoms with Crippen LogP contribution in [0.25, 0.3) is 0 Å². The minimum atomic E-state index is -4.76. The van der Waals surface area contributed by atoms with Crippen molar-refractivity contribution in [3.63, 3.8) is 0 Å². The number of carbonyl (C=O) groups excluding carboxylic acids is 1. The summed E-state index contributed by atoms with van der Waals surface area (Å²) in [4.78, 5) is 21.8. The zero-order valence-corrected chi connectivity index (χ0v) is 12.0. The summed E-state index contributed by atoms with van der Waals surface area (Å²) in [6, 6.07) is -1.87. The molecular formula is C10H16F3NO6S. The number of amides is 1. The average Bonchev–Trinajstić information content (AvgIpc) is 2.32. The van der Waals surface area contributed by atoms with Gasteiger partial charge in [0, 0.05) is 0 Å². The van der Waals surface area contributed by atoms with Crippen LogP contribution in [-0.2, 0) is 19.4 Å². The largest absolute Gasteiger partial charge is 0.480 e. The van der Waals surface area contributed by atoms with Crippen molar-refractivity contribution in [1.82, 2.24) is 5.32 Å². The number of rotatable bonds is 8. The Morgan fingerprint density at radius 2 is 1.90 bits per heavy atom. The van der Waals surface area contributed by atoms with E-state index in [0.29, 0.717) is 12.8 Å². The molecule has 0 bridgehead atoms. The molecule has 0 rings (SSSR count). The van der Waals surface area contributed by atoms with Crippen molar-refractivity contribution in [3.05, 3.63) is 0 Å². The predicted octanol–water partition coefficient (Wildman–Crippen LogP) is 0.943. The first-order valence-electron chi connectivity index (χ1n) is 5.90. The topological polar surface area (TPSA) is 110 Å². The number of aliphatic carboxylic acids is 1. The van der Waals surface area contributed by atoms with Gasteiger partial charge in [0.25, 0.3) is 0 Å². The first-order chi connectivity index (χ1) is 9.47. The Morgan fingerprint density at radius 1 is 1.33 bits per heavy atom. The van der Waals surface area contributed by atoms with E-state index in [-0.39, 0.29) is 5.75 Å². The highest BCUT2D eigenvalue weighted by Gasteiger charge is 2.31. The van der Waals surface area contributed by atoms with Gasteiger partial charge in [-0.2, -0.15) is 13.2 Å². The predicted molar refractivity (Wildman–Crippen MR) is 65.5 cm³/mol. The standard InChI is InChI=1S/C10H16F3NO6S/c1-2-3-4-21(18,19)5-7(8(15)16)14-9(17)20-6-10(11,12)13/h7H,2-6H2,1H3,(H,14,17)(H,15,16)/t7-/m1/s1. The van der Waals surface area contributed by atoms with E-state index < -0.39 is 46.5 Å². The minimum absolute atomic E-state index is 0.271. The van der Waals surface area contributed by atoms with Crippen LogP contribution >= 0.6 is 0 Å². The van der Waals surface area contributed by atoms with Crippen LogP contribution in [0.4, 0.5) is 18.0 Å². The zero-order valence-electron chi connectivity index (χ0n) is 11.1. The molecule has 21 heavy (non-hydrogen) atoms. The third-order valence-electron chi connectivity index (χ3n) is 2.19. The van der Waals surface area contributed by atoms with Crippen molar-refractivity contribution >= 4 is 21.9 Å². The summed E-state index contributed by atoms with van der Waals surface area (Å²) < 4.78 is 62.3. The molecular weight excluding hydrogens is 319 g/mol. The number of hydrogen-bond donors (Lipinski definition) is 2. The molecule has 0 fully saturated rings. The van der Waals surface area contributed by atoms with E-state index in [9.17, 15) is 31.2 Å². The Hall–Kier alpha value is -1.52. The molecule has 0 saturated heterocycles. The number of alkyl carbamates (subject to hydrolysis) is 1. The minimum Gasteiger partial charge on any atom is -0.480 e. The van der Waals surface area contributed by atoms with E-state index in [1.807, 2.05) is 0 Å². The molecule has 0 saturated carbocycles. The highest BCUT2D eigenvalue weighted by molar-refractivity contribution is 7.91. The molecule has 1 amide bonds. The number of unbranched alkanes of at least 4 members (excludes halogenated alkanes) is 1. The van der Waals surface area contributed by atoms with Gasteiger partial charge in [0.2, 0.25) is 0 Å². The summed E-state index contributed by atoms with van der Waals surface area (Å²) in [5.74, 6) is -2.87. The number of halogens is 3. The Labute approximate surface area is 119 Å². The van der Waals surface area contributed by atoms with Gasteiger partial charge < -0.3 is 15.2 Å². The maximum atomic E-state index is 11.8. The van der Waals surface area contributed by atoms with Crippen molar-refractivity contribution in [2.75, 3.05) is 18.1 Å². The number of carboxylic acid groups (broad SMARTS) is 1. The van der Waals surface area contributed by atoms with Gasteiger partial charge in [-0.25, -0.2) is 18.0 Å². The highest BCUT2D eigenvalue weighted by Crippen LogP contribution is 2.14. The fourth-order valence-corrected chi connectivity index (χ4v) is 2.84. The van der Waals surface area contributed by atoms with Crippen LogP contribution in [-0.4, -0.2) is 55.9 Å². The molecule has 0 aromatic carbocycles. The smallest absolute Gasteiger partial charge is 0.422 e. The Balaban J connectivity index is 4.57. The van der Waals surface area contributed by atoms with Crippen molar-refractivity contribution in [3.8, 4) is 0 Å². The number of alkyl halides is 3. The number of ether oxygens (including phenoxy) is 1. The van der Waals surface area contributed by atoms with Crippen LogP contribution in [0.1, 0.15) is 19.8 Å². The third kappa shape index (κ3) is 9.93. The third-order valence-corrected chi connectivity index (χ3v) is 3.94. The second-order valence-corrected chi connectivity index (χ2v) is 6.42. The van der Waals surface area contributed by atoms with E-state index in [1.165, 1.54) is 0 Å². The van der Waals surface area contributed by atoms with Crippen LogP contribution in [0, 0.1) is 0 Å². The SMILES string of the molecule is CCCCS(=O)(=O)C[C@@H](NC(=O)OCC(F)(F)F)C(=O)O. The average molecular weight is 335 g/mol. The summed E-state index contributed by atoms with van der Waals surface area (Å²) in [6.45, 7) is -0.162. The monoisotopic (exact) mass is 335 g/mol. The molecule has 124 valence electrons. The molecule has 0 aliphatic carbocycles. The quantitative estimate of drug-likeness (QED) is 0.683. The van der Waals surface area contributed by atoms with Gasteiger partial charge in [-0.1, -0.05) is 13.3 Å². The van der Waals surface area contributed by atoms with Crippen LogP contribution < -0.4 is 5.32 Å². The molecule has 0 aromatic heterocycles. The number of nitrogens with one attached hydrogen (secondary N) is 1. The first-order valence-corrected chi connectivity index (χ1v) is 7.72. The molecule has 0 aliphatic heterocycles. The van der Waals surface area contributed by atoms with Crippen molar-refractivity contribution in [2.24, 2.45) is 0 Å². The lowest BCUT2D eigenvalue weighted by atomic mass is 10.3. The van der Waals surface area contributed by atoms with E-state index in [4.69, 9.17) is 5.11 Å². The van der Waals surface area contributed by atoms with Gasteiger partial charge in [0.15, 0.2) is 16.4 Å². The first kappa shape index (κ1) is 19.5. The molecule has 7 nitrogen and oxygen atoms in total. The van der Waals surface area contributed by atoms with E-state index in [0.717, 1.165) is 0 Å². The zero-order chi connectivity index (χ0) is 16.7. The summed E-state index contributed by atoms with van der Waals surface area (Å²) >= 11 is 0. The number of hydrogen-bond acceptors (Lipinski definition) is 5. The molecule has 0 radical (unpaired) electrons. The van der Waals surface area contributed by atoms with Gasteiger partial charge in [0.05, 0.1) is 11.5 Å². The lowest BCUT2D eigenvalue weighted by Crippen LogP contribution is -2.46. The summed E-state index contributed by atoms with van der Waals surface area (Å²) in [5.41, 5.74) is 0.